The van der Waals surface area contributed by atoms with Gasteiger partial charge in [-0.2, -0.15) is 0 Å². The molecule has 1 aromatic carbocycles. The highest BCUT2D eigenvalue weighted by atomic mass is 16.5. The van der Waals surface area contributed by atoms with Crippen molar-refractivity contribution < 1.29 is 24.2 Å². The van der Waals surface area contributed by atoms with Gasteiger partial charge >= 0.3 is 5.97 Å². The van der Waals surface area contributed by atoms with Crippen LogP contribution in [-0.4, -0.2) is 36.2 Å². The SMILES string of the molecule is COc1ccc(OCC(=O)NC2(CC(=O)O)CCC2)cc1C. The van der Waals surface area contributed by atoms with Crippen LogP contribution in [0.25, 0.3) is 0 Å². The third-order valence-electron chi connectivity index (χ3n) is 3.94. The van der Waals surface area contributed by atoms with E-state index in [0.717, 1.165) is 17.7 Å². The lowest BCUT2D eigenvalue weighted by molar-refractivity contribution is -0.140. The standard InChI is InChI=1S/C16H21NO5/c1-11-8-12(4-5-13(11)21-2)22-10-14(18)17-16(6-3-7-16)9-15(19)20/h4-5,8H,3,6-7,9-10H2,1-2H3,(H,17,18)(H,19,20). The van der Waals surface area contributed by atoms with Gasteiger partial charge in [-0.3, -0.25) is 9.59 Å². The molecule has 0 atom stereocenters. The maximum absolute atomic E-state index is 12.0. The van der Waals surface area contributed by atoms with Crippen molar-refractivity contribution in [2.45, 2.75) is 38.1 Å². The molecule has 22 heavy (non-hydrogen) atoms. The molecule has 1 saturated carbocycles. The van der Waals surface area contributed by atoms with Gasteiger partial charge in [-0.25, -0.2) is 0 Å². The summed E-state index contributed by atoms with van der Waals surface area (Å²) in [6.45, 7) is 1.76. The number of carboxylic acids is 1. The fourth-order valence-electron chi connectivity index (χ4n) is 2.66. The van der Waals surface area contributed by atoms with E-state index >= 15 is 0 Å². The molecule has 0 spiro atoms. The minimum atomic E-state index is -0.897. The van der Waals surface area contributed by atoms with Crippen LogP contribution in [0.3, 0.4) is 0 Å². The number of carbonyl (C=O) groups excluding carboxylic acids is 1. The van der Waals surface area contributed by atoms with E-state index in [4.69, 9.17) is 14.6 Å². The number of benzene rings is 1. The Kier molecular flexibility index (Phi) is 4.90. The van der Waals surface area contributed by atoms with E-state index in [2.05, 4.69) is 5.32 Å². The van der Waals surface area contributed by atoms with Gasteiger partial charge in [0, 0.05) is 0 Å². The summed E-state index contributed by atoms with van der Waals surface area (Å²) in [4.78, 5) is 22.8. The van der Waals surface area contributed by atoms with E-state index in [1.807, 2.05) is 6.92 Å². The number of hydrogen-bond donors (Lipinski definition) is 2. The zero-order valence-corrected chi connectivity index (χ0v) is 12.8. The Morgan fingerprint density at radius 1 is 1.36 bits per heavy atom. The minimum Gasteiger partial charge on any atom is -0.496 e. The Morgan fingerprint density at radius 2 is 2.09 bits per heavy atom. The van der Waals surface area contributed by atoms with Crippen molar-refractivity contribution in [1.82, 2.24) is 5.32 Å². The van der Waals surface area contributed by atoms with Crippen LogP contribution in [0.15, 0.2) is 18.2 Å². The number of ether oxygens (including phenoxy) is 2. The summed E-state index contributed by atoms with van der Waals surface area (Å²) in [6, 6.07) is 5.30. The topological polar surface area (TPSA) is 84.9 Å². The molecule has 120 valence electrons. The molecule has 0 unspecified atom stereocenters. The van der Waals surface area contributed by atoms with Gasteiger partial charge in [0.2, 0.25) is 0 Å². The number of aryl methyl sites for hydroxylation is 1. The van der Waals surface area contributed by atoms with Crippen molar-refractivity contribution >= 4 is 11.9 Å². The quantitative estimate of drug-likeness (QED) is 0.803. The summed E-state index contributed by atoms with van der Waals surface area (Å²) in [5.41, 5.74) is 0.323. The van der Waals surface area contributed by atoms with Crippen molar-refractivity contribution in [1.29, 1.82) is 0 Å². The van der Waals surface area contributed by atoms with E-state index in [1.165, 1.54) is 0 Å². The lowest BCUT2D eigenvalue weighted by Crippen LogP contribution is -2.55. The highest BCUT2D eigenvalue weighted by Crippen LogP contribution is 2.34. The van der Waals surface area contributed by atoms with Gasteiger partial charge in [0.15, 0.2) is 6.61 Å². The van der Waals surface area contributed by atoms with Gasteiger partial charge in [0.25, 0.3) is 5.91 Å². The summed E-state index contributed by atoms with van der Waals surface area (Å²) in [7, 11) is 1.59. The first-order chi connectivity index (χ1) is 10.4. The number of aliphatic carboxylic acids is 1. The van der Waals surface area contributed by atoms with Crippen LogP contribution in [0.4, 0.5) is 0 Å². The van der Waals surface area contributed by atoms with Crippen LogP contribution in [0.5, 0.6) is 11.5 Å². The number of rotatable bonds is 7. The van der Waals surface area contributed by atoms with Crippen LogP contribution >= 0.6 is 0 Å². The summed E-state index contributed by atoms with van der Waals surface area (Å²) in [5, 5.41) is 11.7. The molecule has 6 heteroatoms. The van der Waals surface area contributed by atoms with Crippen molar-refractivity contribution in [3.05, 3.63) is 23.8 Å². The number of nitrogens with one attached hydrogen (secondary N) is 1. The predicted molar refractivity (Wildman–Crippen MR) is 80.2 cm³/mol. The average molecular weight is 307 g/mol. The van der Waals surface area contributed by atoms with Crippen LogP contribution < -0.4 is 14.8 Å². The van der Waals surface area contributed by atoms with Crippen molar-refractivity contribution in [2.24, 2.45) is 0 Å². The smallest absolute Gasteiger partial charge is 0.305 e. The van der Waals surface area contributed by atoms with Gasteiger partial charge in [-0.15, -0.1) is 0 Å². The number of methoxy groups -OCH3 is 1. The minimum absolute atomic E-state index is 0.0413. The molecular weight excluding hydrogens is 286 g/mol. The largest absolute Gasteiger partial charge is 0.496 e. The molecule has 1 aliphatic carbocycles. The second-order valence-electron chi connectivity index (χ2n) is 5.67. The first-order valence-corrected chi connectivity index (χ1v) is 7.24. The molecule has 1 amide bonds. The molecule has 1 aromatic rings. The van der Waals surface area contributed by atoms with Crippen LogP contribution in [-0.2, 0) is 9.59 Å². The third kappa shape index (κ3) is 3.90. The van der Waals surface area contributed by atoms with Crippen molar-refractivity contribution in [2.75, 3.05) is 13.7 Å². The summed E-state index contributed by atoms with van der Waals surface area (Å²) in [5.74, 6) is 0.141. The molecule has 2 rings (SSSR count). The Labute approximate surface area is 129 Å². The second-order valence-corrected chi connectivity index (χ2v) is 5.67. The fourth-order valence-corrected chi connectivity index (χ4v) is 2.66. The molecule has 0 heterocycles. The van der Waals surface area contributed by atoms with Crippen LogP contribution in [0.1, 0.15) is 31.2 Å². The van der Waals surface area contributed by atoms with Gasteiger partial charge in [0.1, 0.15) is 11.5 Å². The van der Waals surface area contributed by atoms with E-state index in [-0.39, 0.29) is 18.9 Å². The molecule has 0 radical (unpaired) electrons. The maximum atomic E-state index is 12.0. The van der Waals surface area contributed by atoms with E-state index < -0.39 is 11.5 Å². The van der Waals surface area contributed by atoms with Gasteiger partial charge < -0.3 is 19.9 Å². The predicted octanol–water partition coefficient (Wildman–Crippen LogP) is 1.90. The zero-order valence-electron chi connectivity index (χ0n) is 12.8. The lowest BCUT2D eigenvalue weighted by atomic mass is 9.74. The van der Waals surface area contributed by atoms with Crippen LogP contribution in [0.2, 0.25) is 0 Å². The second kappa shape index (κ2) is 6.68. The summed E-state index contributed by atoms with van der Waals surface area (Å²) in [6.07, 6.45) is 2.30. The Balaban J connectivity index is 1.87. The van der Waals surface area contributed by atoms with Crippen LogP contribution in [0, 0.1) is 6.92 Å². The molecule has 6 nitrogen and oxygen atoms in total. The lowest BCUT2D eigenvalue weighted by Gasteiger charge is -2.41. The number of amides is 1. The van der Waals surface area contributed by atoms with Gasteiger partial charge in [-0.05, 0) is 49.9 Å². The van der Waals surface area contributed by atoms with E-state index in [0.29, 0.717) is 18.6 Å². The van der Waals surface area contributed by atoms with E-state index in [1.54, 1.807) is 25.3 Å². The molecule has 0 saturated heterocycles. The number of hydrogen-bond acceptors (Lipinski definition) is 4. The zero-order chi connectivity index (χ0) is 16.2. The Hall–Kier alpha value is -2.24. The summed E-state index contributed by atoms with van der Waals surface area (Å²) < 4.78 is 10.6. The normalized spacial score (nSPS) is 15.5. The van der Waals surface area contributed by atoms with Gasteiger partial charge in [0.05, 0.1) is 19.1 Å². The summed E-state index contributed by atoms with van der Waals surface area (Å²) >= 11 is 0. The first kappa shape index (κ1) is 16.1. The van der Waals surface area contributed by atoms with Crippen molar-refractivity contribution in [3.8, 4) is 11.5 Å². The molecule has 0 bridgehead atoms. The van der Waals surface area contributed by atoms with Crippen molar-refractivity contribution in [3.63, 3.8) is 0 Å². The fraction of sp³-hybridized carbons (Fsp3) is 0.500. The molecule has 1 fully saturated rings. The number of carbonyl (C=O) groups is 2. The monoisotopic (exact) mass is 307 g/mol. The Morgan fingerprint density at radius 3 is 2.59 bits per heavy atom. The number of carboxylic acid groups (broad SMARTS) is 1. The third-order valence-corrected chi connectivity index (χ3v) is 3.94. The van der Waals surface area contributed by atoms with E-state index in [9.17, 15) is 9.59 Å². The average Bonchev–Trinajstić information content (AvgIpc) is 2.42. The highest BCUT2D eigenvalue weighted by molar-refractivity contribution is 5.80. The molecular formula is C16H21NO5. The molecule has 0 aliphatic heterocycles. The molecule has 0 aromatic heterocycles. The highest BCUT2D eigenvalue weighted by Gasteiger charge is 2.40. The molecule has 2 N–H and O–H groups in total. The Bertz CT molecular complexity index is 566. The first-order valence-electron chi connectivity index (χ1n) is 7.24. The maximum Gasteiger partial charge on any atom is 0.305 e. The molecule has 1 aliphatic rings. The van der Waals surface area contributed by atoms with Gasteiger partial charge in [-0.1, -0.05) is 0 Å².